The van der Waals surface area contributed by atoms with E-state index in [2.05, 4.69) is 5.32 Å². The molecule has 0 aliphatic rings. The van der Waals surface area contributed by atoms with Gasteiger partial charge in [0.2, 0.25) is 11.8 Å². The van der Waals surface area contributed by atoms with Gasteiger partial charge in [0.15, 0.2) is 0 Å². The van der Waals surface area contributed by atoms with Crippen molar-refractivity contribution in [2.45, 2.75) is 26.8 Å². The first kappa shape index (κ1) is 15.2. The molecule has 0 fully saturated rings. The van der Waals surface area contributed by atoms with Crippen LogP contribution in [0.3, 0.4) is 0 Å². The van der Waals surface area contributed by atoms with Crippen LogP contribution in [0.5, 0.6) is 0 Å². The lowest BCUT2D eigenvalue weighted by molar-refractivity contribution is -0.126. The highest BCUT2D eigenvalue weighted by Gasteiger charge is 2.25. The van der Waals surface area contributed by atoms with E-state index in [0.29, 0.717) is 6.54 Å². The number of carbonyl (C=O) groups is 2. The van der Waals surface area contributed by atoms with E-state index in [4.69, 9.17) is 11.5 Å². The van der Waals surface area contributed by atoms with Crippen molar-refractivity contribution in [2.75, 3.05) is 6.54 Å². The lowest BCUT2D eigenvalue weighted by atomic mass is 9.92. The van der Waals surface area contributed by atoms with Crippen molar-refractivity contribution >= 4 is 11.8 Å². The molecule has 0 spiro atoms. The van der Waals surface area contributed by atoms with Crippen LogP contribution in [0.25, 0.3) is 0 Å². The van der Waals surface area contributed by atoms with Crippen LogP contribution in [0.2, 0.25) is 0 Å². The van der Waals surface area contributed by atoms with Crippen molar-refractivity contribution in [1.29, 1.82) is 0 Å². The summed E-state index contributed by atoms with van der Waals surface area (Å²) < 4.78 is 0. The lowest BCUT2D eigenvalue weighted by Gasteiger charge is -2.20. The normalized spacial score (nSPS) is 11.1. The van der Waals surface area contributed by atoms with Gasteiger partial charge in [0, 0.05) is 13.1 Å². The van der Waals surface area contributed by atoms with Gasteiger partial charge in [0.1, 0.15) is 0 Å². The molecule has 0 radical (unpaired) electrons. The molecule has 0 aromatic heterocycles. The number of rotatable bonds is 6. The smallest absolute Gasteiger partial charge is 0.224 e. The van der Waals surface area contributed by atoms with Crippen molar-refractivity contribution in [3.05, 3.63) is 35.4 Å². The number of benzene rings is 1. The summed E-state index contributed by atoms with van der Waals surface area (Å²) in [6.07, 6.45) is 0.277. The number of nitrogens with two attached hydrogens (primary N) is 2. The van der Waals surface area contributed by atoms with Gasteiger partial charge in [-0.25, -0.2) is 0 Å². The standard InChI is InChI=1S/C14H21N3O2/c1-14(2,13(16)19)9-17-12(18)7-10-3-5-11(8-15)6-4-10/h3-6H,7-9,15H2,1-2H3,(H2,16,19)(H,17,18). The van der Waals surface area contributed by atoms with Gasteiger partial charge in [-0.3, -0.25) is 9.59 Å². The van der Waals surface area contributed by atoms with Crippen LogP contribution in [0.1, 0.15) is 25.0 Å². The third-order valence-electron chi connectivity index (χ3n) is 3.02. The summed E-state index contributed by atoms with van der Waals surface area (Å²) in [7, 11) is 0. The second-order valence-electron chi connectivity index (χ2n) is 5.22. The summed E-state index contributed by atoms with van der Waals surface area (Å²) in [6.45, 7) is 4.12. The van der Waals surface area contributed by atoms with Crippen molar-refractivity contribution in [3.63, 3.8) is 0 Å². The Morgan fingerprint density at radius 3 is 2.16 bits per heavy atom. The zero-order chi connectivity index (χ0) is 14.5. The van der Waals surface area contributed by atoms with Gasteiger partial charge in [0.25, 0.3) is 0 Å². The third kappa shape index (κ3) is 4.71. The van der Waals surface area contributed by atoms with Crippen LogP contribution < -0.4 is 16.8 Å². The number of primary amides is 1. The molecule has 0 aliphatic heterocycles. The van der Waals surface area contributed by atoms with E-state index < -0.39 is 11.3 Å². The number of hydrogen-bond acceptors (Lipinski definition) is 3. The fourth-order valence-electron chi connectivity index (χ4n) is 1.45. The molecule has 5 heteroatoms. The highest BCUT2D eigenvalue weighted by atomic mass is 16.2. The van der Waals surface area contributed by atoms with Crippen molar-refractivity contribution in [1.82, 2.24) is 5.32 Å². The minimum Gasteiger partial charge on any atom is -0.369 e. The second-order valence-corrected chi connectivity index (χ2v) is 5.22. The molecule has 0 unspecified atom stereocenters. The van der Waals surface area contributed by atoms with Crippen LogP contribution in [0, 0.1) is 5.41 Å². The molecule has 0 aliphatic carbocycles. The van der Waals surface area contributed by atoms with E-state index in [1.165, 1.54) is 0 Å². The molecule has 2 amide bonds. The summed E-state index contributed by atoms with van der Waals surface area (Å²) in [4.78, 5) is 22.9. The van der Waals surface area contributed by atoms with E-state index in [9.17, 15) is 9.59 Å². The number of carbonyl (C=O) groups excluding carboxylic acids is 2. The first-order valence-corrected chi connectivity index (χ1v) is 6.19. The average Bonchev–Trinajstić information content (AvgIpc) is 2.37. The Balaban J connectivity index is 2.49. The Bertz CT molecular complexity index is 452. The predicted molar refractivity (Wildman–Crippen MR) is 74.0 cm³/mol. The first-order valence-electron chi connectivity index (χ1n) is 6.19. The molecule has 1 aromatic carbocycles. The predicted octanol–water partition coefficient (Wildman–Crippen LogP) is 0.316. The summed E-state index contributed by atoms with van der Waals surface area (Å²) >= 11 is 0. The molecule has 19 heavy (non-hydrogen) atoms. The minimum atomic E-state index is -0.737. The van der Waals surface area contributed by atoms with Gasteiger partial charge in [-0.2, -0.15) is 0 Å². The van der Waals surface area contributed by atoms with Crippen molar-refractivity contribution in [3.8, 4) is 0 Å². The molecule has 0 heterocycles. The van der Waals surface area contributed by atoms with Crippen molar-refractivity contribution < 1.29 is 9.59 Å². The fourth-order valence-corrected chi connectivity index (χ4v) is 1.45. The number of amides is 2. The lowest BCUT2D eigenvalue weighted by Crippen LogP contribution is -2.42. The Hall–Kier alpha value is -1.88. The van der Waals surface area contributed by atoms with E-state index in [1.54, 1.807) is 13.8 Å². The summed E-state index contributed by atoms with van der Waals surface area (Å²) in [5.41, 5.74) is 11.9. The van der Waals surface area contributed by atoms with E-state index in [0.717, 1.165) is 11.1 Å². The molecule has 0 bridgehead atoms. The third-order valence-corrected chi connectivity index (χ3v) is 3.02. The molecule has 0 atom stereocenters. The zero-order valence-corrected chi connectivity index (χ0v) is 11.4. The number of hydrogen-bond donors (Lipinski definition) is 3. The maximum Gasteiger partial charge on any atom is 0.224 e. The van der Waals surface area contributed by atoms with E-state index >= 15 is 0 Å². The maximum absolute atomic E-state index is 11.7. The van der Waals surface area contributed by atoms with Gasteiger partial charge >= 0.3 is 0 Å². The van der Waals surface area contributed by atoms with Gasteiger partial charge in [-0.15, -0.1) is 0 Å². The quantitative estimate of drug-likeness (QED) is 0.689. The van der Waals surface area contributed by atoms with Gasteiger partial charge in [-0.1, -0.05) is 24.3 Å². The topological polar surface area (TPSA) is 98.2 Å². The van der Waals surface area contributed by atoms with Crippen LogP contribution in [-0.4, -0.2) is 18.4 Å². The highest BCUT2D eigenvalue weighted by molar-refractivity contribution is 5.82. The Kier molecular flexibility index (Phi) is 5.06. The maximum atomic E-state index is 11.7. The molecule has 0 saturated carbocycles. The summed E-state index contributed by atoms with van der Waals surface area (Å²) in [5.74, 6) is -0.560. The monoisotopic (exact) mass is 263 g/mol. The van der Waals surface area contributed by atoms with Crippen LogP contribution in [0.4, 0.5) is 0 Å². The minimum absolute atomic E-state index is 0.130. The van der Waals surface area contributed by atoms with Gasteiger partial charge < -0.3 is 16.8 Å². The molecule has 104 valence electrons. The summed E-state index contributed by atoms with van der Waals surface area (Å²) in [5, 5.41) is 2.72. The average molecular weight is 263 g/mol. The molecule has 1 aromatic rings. The SMILES string of the molecule is CC(C)(CNC(=O)Cc1ccc(CN)cc1)C(N)=O. The van der Waals surface area contributed by atoms with E-state index in [1.807, 2.05) is 24.3 Å². The first-order chi connectivity index (χ1) is 8.85. The fraction of sp³-hybridized carbons (Fsp3) is 0.429. The van der Waals surface area contributed by atoms with E-state index in [-0.39, 0.29) is 18.9 Å². The zero-order valence-electron chi connectivity index (χ0n) is 11.4. The molecular weight excluding hydrogens is 242 g/mol. The summed E-state index contributed by atoms with van der Waals surface area (Å²) in [6, 6.07) is 7.55. The largest absolute Gasteiger partial charge is 0.369 e. The molecular formula is C14H21N3O2. The van der Waals surface area contributed by atoms with Crippen LogP contribution >= 0.6 is 0 Å². The van der Waals surface area contributed by atoms with Crippen LogP contribution in [-0.2, 0) is 22.6 Å². The Morgan fingerprint density at radius 2 is 1.68 bits per heavy atom. The second kappa shape index (κ2) is 6.33. The highest BCUT2D eigenvalue weighted by Crippen LogP contribution is 2.12. The molecule has 0 saturated heterocycles. The molecule has 5 N–H and O–H groups in total. The molecule has 5 nitrogen and oxygen atoms in total. The van der Waals surface area contributed by atoms with Crippen LogP contribution in [0.15, 0.2) is 24.3 Å². The van der Waals surface area contributed by atoms with Crippen molar-refractivity contribution in [2.24, 2.45) is 16.9 Å². The Labute approximate surface area is 113 Å². The van der Waals surface area contributed by atoms with Gasteiger partial charge in [-0.05, 0) is 25.0 Å². The molecule has 1 rings (SSSR count). The number of nitrogens with one attached hydrogen (secondary N) is 1. The van der Waals surface area contributed by atoms with Gasteiger partial charge in [0.05, 0.1) is 11.8 Å². The Morgan fingerprint density at radius 1 is 1.16 bits per heavy atom.